The number of hydrogen-bond donors (Lipinski definition) is 0. The predicted octanol–water partition coefficient (Wildman–Crippen LogP) is 4.59. The number of thioether (sulfide) groups is 1. The molecule has 1 aliphatic heterocycles. The highest BCUT2D eigenvalue weighted by molar-refractivity contribution is 8.13. The van der Waals surface area contributed by atoms with Crippen molar-refractivity contribution in [3.8, 4) is 0 Å². The lowest BCUT2D eigenvalue weighted by Crippen LogP contribution is -2.50. The second-order valence-corrected chi connectivity index (χ2v) is 8.62. The molecule has 2 aromatic rings. The van der Waals surface area contributed by atoms with Crippen molar-refractivity contribution in [3.05, 3.63) is 78.4 Å². The van der Waals surface area contributed by atoms with Crippen molar-refractivity contribution in [1.29, 1.82) is 0 Å². The van der Waals surface area contributed by atoms with Gasteiger partial charge in [0.25, 0.3) is 0 Å². The van der Waals surface area contributed by atoms with Gasteiger partial charge >= 0.3 is 0 Å². The van der Waals surface area contributed by atoms with Gasteiger partial charge in [-0.1, -0.05) is 72.4 Å². The van der Waals surface area contributed by atoms with E-state index in [2.05, 4.69) is 24.3 Å². The number of allylic oxidation sites excluding steroid dienone is 2. The quantitative estimate of drug-likeness (QED) is 0.553. The number of piperidine rings is 1. The lowest BCUT2D eigenvalue weighted by atomic mass is 9.72. The molecule has 1 saturated heterocycles. The van der Waals surface area contributed by atoms with Crippen LogP contribution in [0.4, 0.5) is 0 Å². The fourth-order valence-electron chi connectivity index (χ4n) is 4.28. The van der Waals surface area contributed by atoms with Crippen LogP contribution < -0.4 is 0 Å². The zero-order chi connectivity index (χ0) is 19.3. The van der Waals surface area contributed by atoms with Gasteiger partial charge in [-0.05, 0) is 42.9 Å². The third-order valence-electron chi connectivity index (χ3n) is 5.77. The first-order chi connectivity index (χ1) is 13.7. The molecule has 0 saturated carbocycles. The Labute approximate surface area is 170 Å². The summed E-state index contributed by atoms with van der Waals surface area (Å²) in [6.07, 6.45) is 6.73. The molecule has 1 amide bonds. The minimum absolute atomic E-state index is 0.115. The highest BCUT2D eigenvalue weighted by Crippen LogP contribution is 2.40. The van der Waals surface area contributed by atoms with E-state index in [-0.39, 0.29) is 28.8 Å². The number of likely N-dealkylation sites (tertiary alicyclic amines) is 1. The van der Waals surface area contributed by atoms with Gasteiger partial charge < -0.3 is 4.90 Å². The Balaban J connectivity index is 1.45. The van der Waals surface area contributed by atoms with Gasteiger partial charge in [0.1, 0.15) is 0 Å². The summed E-state index contributed by atoms with van der Waals surface area (Å²) >= 11 is 1.28. The Morgan fingerprint density at radius 3 is 2.50 bits per heavy atom. The van der Waals surface area contributed by atoms with Crippen molar-refractivity contribution in [2.24, 2.45) is 17.8 Å². The first-order valence-electron chi connectivity index (χ1n) is 9.98. The summed E-state index contributed by atoms with van der Waals surface area (Å²) in [5, 5.41) is 0.115. The zero-order valence-corrected chi connectivity index (χ0v) is 16.7. The van der Waals surface area contributed by atoms with Crippen LogP contribution in [0.25, 0.3) is 0 Å². The first-order valence-corrected chi connectivity index (χ1v) is 10.8. The summed E-state index contributed by atoms with van der Waals surface area (Å²) < 4.78 is 0. The fraction of sp³-hybridized carbons (Fsp3) is 0.333. The maximum atomic E-state index is 13.3. The normalized spacial score (nSPS) is 24.1. The maximum absolute atomic E-state index is 13.3. The Bertz CT molecular complexity index is 849. The highest BCUT2D eigenvalue weighted by Gasteiger charge is 2.44. The standard InChI is InChI=1S/C24H25NO2S/c26-23-22-19(15-17-25(23)16-14-18-8-3-1-4-9-18)10-7-13-21(22)24(27)28-20-11-5-2-6-12-20/h1-12,19,21-22H,13-17H2. The number of fused-ring (bicyclic) bond motifs is 1. The van der Waals surface area contributed by atoms with Crippen LogP contribution >= 0.6 is 11.8 Å². The second kappa shape index (κ2) is 8.78. The van der Waals surface area contributed by atoms with Crippen LogP contribution in [0.15, 0.2) is 77.7 Å². The molecule has 28 heavy (non-hydrogen) atoms. The summed E-state index contributed by atoms with van der Waals surface area (Å²) in [5.41, 5.74) is 1.24. The van der Waals surface area contributed by atoms with Crippen LogP contribution in [0.1, 0.15) is 18.4 Å². The molecule has 3 unspecified atom stereocenters. The van der Waals surface area contributed by atoms with E-state index >= 15 is 0 Å². The largest absolute Gasteiger partial charge is 0.342 e. The summed E-state index contributed by atoms with van der Waals surface area (Å²) in [5.74, 6) is -0.0893. The van der Waals surface area contributed by atoms with Gasteiger partial charge in [-0.25, -0.2) is 0 Å². The Hall–Kier alpha value is -2.33. The summed E-state index contributed by atoms with van der Waals surface area (Å²) in [6.45, 7) is 1.51. The molecule has 0 bridgehead atoms. The predicted molar refractivity (Wildman–Crippen MR) is 113 cm³/mol. The highest BCUT2D eigenvalue weighted by atomic mass is 32.2. The molecule has 0 aromatic heterocycles. The molecule has 1 aliphatic carbocycles. The SMILES string of the molecule is O=C(Sc1ccccc1)C1CC=CC2CCN(CCc3ccccc3)C(=O)C21. The van der Waals surface area contributed by atoms with Crippen LogP contribution in [0, 0.1) is 17.8 Å². The van der Waals surface area contributed by atoms with Crippen molar-refractivity contribution in [1.82, 2.24) is 4.90 Å². The first kappa shape index (κ1) is 19.0. The van der Waals surface area contributed by atoms with E-state index in [1.165, 1.54) is 17.3 Å². The van der Waals surface area contributed by atoms with E-state index in [0.29, 0.717) is 6.42 Å². The summed E-state index contributed by atoms with van der Waals surface area (Å²) in [6, 6.07) is 20.0. The molecule has 4 heteroatoms. The van der Waals surface area contributed by atoms with Crippen LogP contribution in [0.3, 0.4) is 0 Å². The van der Waals surface area contributed by atoms with Gasteiger partial charge in [0, 0.05) is 23.9 Å². The monoisotopic (exact) mass is 391 g/mol. The smallest absolute Gasteiger partial charge is 0.227 e. The van der Waals surface area contributed by atoms with Crippen molar-refractivity contribution < 1.29 is 9.59 Å². The van der Waals surface area contributed by atoms with Gasteiger partial charge in [0.15, 0.2) is 5.12 Å². The van der Waals surface area contributed by atoms with Gasteiger partial charge in [-0.3, -0.25) is 9.59 Å². The molecule has 2 aliphatic rings. The minimum Gasteiger partial charge on any atom is -0.342 e. The molecule has 2 aromatic carbocycles. The van der Waals surface area contributed by atoms with Crippen molar-refractivity contribution >= 4 is 22.8 Å². The molecule has 144 valence electrons. The molecule has 0 N–H and O–H groups in total. The van der Waals surface area contributed by atoms with Crippen molar-refractivity contribution in [2.45, 2.75) is 24.2 Å². The van der Waals surface area contributed by atoms with Crippen molar-refractivity contribution in [2.75, 3.05) is 13.1 Å². The Kier molecular flexibility index (Phi) is 5.96. The van der Waals surface area contributed by atoms with Gasteiger partial charge in [0.2, 0.25) is 5.91 Å². The topological polar surface area (TPSA) is 37.4 Å². The third kappa shape index (κ3) is 4.22. The Morgan fingerprint density at radius 1 is 1.04 bits per heavy atom. The number of carbonyl (C=O) groups is 2. The molecule has 0 spiro atoms. The number of rotatable bonds is 5. The number of amides is 1. The van der Waals surface area contributed by atoms with E-state index in [4.69, 9.17) is 0 Å². The van der Waals surface area contributed by atoms with Gasteiger partial charge in [-0.2, -0.15) is 0 Å². The third-order valence-corrected chi connectivity index (χ3v) is 6.79. The van der Waals surface area contributed by atoms with E-state index < -0.39 is 0 Å². The molecule has 1 fully saturated rings. The summed E-state index contributed by atoms with van der Waals surface area (Å²) in [4.78, 5) is 29.2. The number of nitrogens with zero attached hydrogens (tertiary/aromatic N) is 1. The lowest BCUT2D eigenvalue weighted by Gasteiger charge is -2.41. The molecule has 4 rings (SSSR count). The van der Waals surface area contributed by atoms with Crippen molar-refractivity contribution in [3.63, 3.8) is 0 Å². The molecular formula is C24H25NO2S. The van der Waals surface area contributed by atoms with Crippen LogP contribution in [-0.4, -0.2) is 29.0 Å². The maximum Gasteiger partial charge on any atom is 0.227 e. The van der Waals surface area contributed by atoms with E-state index in [1.54, 1.807) is 0 Å². The van der Waals surface area contributed by atoms with E-state index in [9.17, 15) is 9.59 Å². The number of hydrogen-bond acceptors (Lipinski definition) is 3. The summed E-state index contributed by atoms with van der Waals surface area (Å²) in [7, 11) is 0. The molecular weight excluding hydrogens is 366 g/mol. The minimum atomic E-state index is -0.229. The van der Waals surface area contributed by atoms with Crippen LogP contribution in [0.5, 0.6) is 0 Å². The fourth-order valence-corrected chi connectivity index (χ4v) is 5.20. The lowest BCUT2D eigenvalue weighted by molar-refractivity contribution is -0.145. The number of carbonyl (C=O) groups excluding carboxylic acids is 2. The molecule has 1 heterocycles. The molecule has 0 radical (unpaired) electrons. The average molecular weight is 392 g/mol. The molecule has 3 nitrogen and oxygen atoms in total. The van der Waals surface area contributed by atoms with Crippen LogP contribution in [-0.2, 0) is 16.0 Å². The molecule has 3 atom stereocenters. The van der Waals surface area contributed by atoms with E-state index in [1.807, 2.05) is 53.4 Å². The second-order valence-electron chi connectivity index (χ2n) is 7.54. The van der Waals surface area contributed by atoms with Crippen LogP contribution in [0.2, 0.25) is 0 Å². The zero-order valence-electron chi connectivity index (χ0n) is 15.9. The number of benzene rings is 2. The van der Waals surface area contributed by atoms with Gasteiger partial charge in [0.05, 0.1) is 5.92 Å². The van der Waals surface area contributed by atoms with E-state index in [0.717, 1.165) is 30.8 Å². The van der Waals surface area contributed by atoms with Gasteiger partial charge in [-0.15, -0.1) is 0 Å². The average Bonchev–Trinajstić information content (AvgIpc) is 2.74. The Morgan fingerprint density at radius 2 is 1.75 bits per heavy atom.